The van der Waals surface area contributed by atoms with E-state index in [0.717, 1.165) is 19.3 Å². The first kappa shape index (κ1) is 29.0. The molecule has 1 unspecified atom stereocenters. The number of rotatable bonds is 8. The standard InChI is InChI=1S/C30H36N4O6S/c1-4-15-33-24-14-7-6-13-23(24)30(29(33)38)25(27(36)28(37)34(30)19-18-31(2)3)26(35)21-11-10-12-22(20-21)41(39,40)32-16-8-5-9-17-32/h6-7,10-14,20,35H,4-5,8-9,15-19H2,1-3H3/b26-25-. The summed E-state index contributed by atoms with van der Waals surface area (Å²) in [5.74, 6) is -2.93. The number of ketones is 1. The van der Waals surface area contributed by atoms with Crippen molar-refractivity contribution in [2.75, 3.05) is 51.7 Å². The maximum Gasteiger partial charge on any atom is 0.296 e. The second-order valence-corrected chi connectivity index (χ2v) is 12.9. The van der Waals surface area contributed by atoms with E-state index in [1.165, 1.54) is 33.5 Å². The number of piperidine rings is 1. The highest BCUT2D eigenvalue weighted by Gasteiger charge is 2.66. The fourth-order valence-corrected chi connectivity index (χ4v) is 7.68. The van der Waals surface area contributed by atoms with Gasteiger partial charge >= 0.3 is 0 Å². The van der Waals surface area contributed by atoms with E-state index in [1.807, 2.05) is 25.9 Å². The van der Waals surface area contributed by atoms with Crippen LogP contribution in [0, 0.1) is 0 Å². The van der Waals surface area contributed by atoms with Crippen LogP contribution in [-0.4, -0.2) is 92.0 Å². The lowest BCUT2D eigenvalue weighted by atomic mass is 9.82. The first-order valence-corrected chi connectivity index (χ1v) is 15.5. The fourth-order valence-electron chi connectivity index (χ4n) is 6.11. The quantitative estimate of drug-likeness (QED) is 0.290. The molecule has 0 saturated carbocycles. The normalized spacial score (nSPS) is 22.8. The Morgan fingerprint density at radius 2 is 1.68 bits per heavy atom. The van der Waals surface area contributed by atoms with Crippen molar-refractivity contribution in [2.24, 2.45) is 0 Å². The third-order valence-electron chi connectivity index (χ3n) is 8.09. The van der Waals surface area contributed by atoms with Gasteiger partial charge in [-0.2, -0.15) is 4.31 Å². The van der Waals surface area contributed by atoms with E-state index in [2.05, 4.69) is 0 Å². The molecule has 5 rings (SSSR count). The van der Waals surface area contributed by atoms with E-state index < -0.39 is 38.9 Å². The minimum atomic E-state index is -3.84. The van der Waals surface area contributed by atoms with Crippen molar-refractivity contribution >= 4 is 39.1 Å². The van der Waals surface area contributed by atoms with Gasteiger partial charge in [-0.3, -0.25) is 14.4 Å². The number of carbonyl (C=O) groups is 3. The predicted octanol–water partition coefficient (Wildman–Crippen LogP) is 2.76. The van der Waals surface area contributed by atoms with Gasteiger partial charge in [0, 0.05) is 43.9 Å². The van der Waals surface area contributed by atoms with Gasteiger partial charge in [0.25, 0.3) is 17.6 Å². The summed E-state index contributed by atoms with van der Waals surface area (Å²) < 4.78 is 28.3. The minimum absolute atomic E-state index is 0.0231. The Hall–Kier alpha value is -3.54. The molecule has 0 bridgehead atoms. The number of hydrogen-bond acceptors (Lipinski definition) is 7. The second-order valence-electron chi connectivity index (χ2n) is 11.0. The lowest BCUT2D eigenvalue weighted by Crippen LogP contribution is -2.53. The van der Waals surface area contributed by atoms with Gasteiger partial charge in [0.05, 0.1) is 16.2 Å². The Balaban J connectivity index is 1.72. The molecule has 3 aliphatic heterocycles. The molecule has 0 radical (unpaired) electrons. The number of fused-ring (bicyclic) bond motifs is 2. The van der Waals surface area contributed by atoms with Gasteiger partial charge in [0.2, 0.25) is 10.0 Å². The Labute approximate surface area is 240 Å². The van der Waals surface area contributed by atoms with Crippen molar-refractivity contribution in [3.05, 3.63) is 65.2 Å². The highest BCUT2D eigenvalue weighted by Crippen LogP contribution is 2.53. The van der Waals surface area contributed by atoms with Crippen LogP contribution in [0.1, 0.15) is 43.7 Å². The van der Waals surface area contributed by atoms with Crippen LogP contribution < -0.4 is 4.90 Å². The van der Waals surface area contributed by atoms with Crippen LogP contribution in [0.5, 0.6) is 0 Å². The van der Waals surface area contributed by atoms with E-state index in [9.17, 15) is 27.9 Å². The first-order valence-electron chi connectivity index (χ1n) is 14.0. The molecule has 41 heavy (non-hydrogen) atoms. The minimum Gasteiger partial charge on any atom is -0.507 e. The van der Waals surface area contributed by atoms with E-state index in [4.69, 9.17) is 0 Å². The largest absolute Gasteiger partial charge is 0.507 e. The first-order chi connectivity index (χ1) is 19.6. The number of anilines is 1. The third kappa shape index (κ3) is 4.56. The molecule has 2 saturated heterocycles. The molecule has 1 N–H and O–H groups in total. The average molecular weight is 581 g/mol. The molecule has 218 valence electrons. The number of likely N-dealkylation sites (N-methyl/N-ethyl adjacent to an activating group) is 1. The lowest BCUT2D eigenvalue weighted by molar-refractivity contribution is -0.143. The van der Waals surface area contributed by atoms with Gasteiger partial charge in [-0.1, -0.05) is 43.7 Å². The highest BCUT2D eigenvalue weighted by atomic mass is 32.2. The van der Waals surface area contributed by atoms with E-state index in [1.54, 1.807) is 29.2 Å². The molecular formula is C30H36N4O6S. The van der Waals surface area contributed by atoms with Crippen molar-refractivity contribution in [2.45, 2.75) is 43.0 Å². The Bertz CT molecular complexity index is 1530. The predicted molar refractivity (Wildman–Crippen MR) is 155 cm³/mol. The fraction of sp³-hybridized carbons (Fsp3) is 0.433. The van der Waals surface area contributed by atoms with Crippen molar-refractivity contribution < 1.29 is 27.9 Å². The molecule has 0 aromatic heterocycles. The Kier molecular flexibility index (Phi) is 7.80. The summed E-state index contributed by atoms with van der Waals surface area (Å²) in [7, 11) is -0.192. The number of nitrogens with zero attached hydrogens (tertiary/aromatic N) is 4. The molecule has 3 heterocycles. The molecular weight excluding hydrogens is 544 g/mol. The number of para-hydroxylation sites is 1. The second kappa shape index (κ2) is 11.0. The Morgan fingerprint density at radius 3 is 2.37 bits per heavy atom. The smallest absolute Gasteiger partial charge is 0.296 e. The van der Waals surface area contributed by atoms with Crippen LogP contribution in [0.3, 0.4) is 0 Å². The summed E-state index contributed by atoms with van der Waals surface area (Å²) in [5.41, 5.74) is -1.16. The number of benzene rings is 2. The van der Waals surface area contributed by atoms with Crippen molar-refractivity contribution in [1.29, 1.82) is 0 Å². The van der Waals surface area contributed by atoms with E-state index in [0.29, 0.717) is 43.9 Å². The molecule has 10 nitrogen and oxygen atoms in total. The topological polar surface area (TPSA) is 119 Å². The van der Waals surface area contributed by atoms with Gasteiger partial charge in [-0.25, -0.2) is 8.42 Å². The summed E-state index contributed by atoms with van der Waals surface area (Å²) in [6, 6.07) is 12.8. The molecule has 0 aliphatic carbocycles. The summed E-state index contributed by atoms with van der Waals surface area (Å²) >= 11 is 0. The van der Waals surface area contributed by atoms with Crippen molar-refractivity contribution in [1.82, 2.24) is 14.1 Å². The monoisotopic (exact) mass is 580 g/mol. The zero-order valence-corrected chi connectivity index (χ0v) is 24.5. The number of aliphatic hydroxyl groups excluding tert-OH is 1. The molecule has 11 heteroatoms. The highest BCUT2D eigenvalue weighted by molar-refractivity contribution is 7.89. The number of hydrogen-bond donors (Lipinski definition) is 1. The van der Waals surface area contributed by atoms with Crippen LogP contribution in [0.15, 0.2) is 59.0 Å². The number of amides is 2. The number of aliphatic hydroxyl groups is 1. The molecule has 2 fully saturated rings. The molecule has 1 atom stereocenters. The average Bonchev–Trinajstić information content (AvgIpc) is 3.35. The van der Waals surface area contributed by atoms with Crippen LogP contribution in [0.2, 0.25) is 0 Å². The maximum absolute atomic E-state index is 14.4. The Morgan fingerprint density at radius 1 is 0.976 bits per heavy atom. The van der Waals surface area contributed by atoms with Crippen LogP contribution in [0.4, 0.5) is 5.69 Å². The van der Waals surface area contributed by atoms with Crippen molar-refractivity contribution in [3.63, 3.8) is 0 Å². The van der Waals surface area contributed by atoms with Crippen LogP contribution in [-0.2, 0) is 29.9 Å². The van der Waals surface area contributed by atoms with Crippen LogP contribution >= 0.6 is 0 Å². The molecule has 1 spiro atoms. The summed E-state index contributed by atoms with van der Waals surface area (Å²) in [4.78, 5) is 46.5. The summed E-state index contributed by atoms with van der Waals surface area (Å²) in [6.45, 7) is 3.56. The maximum atomic E-state index is 14.4. The van der Waals surface area contributed by atoms with E-state index >= 15 is 0 Å². The van der Waals surface area contributed by atoms with Gasteiger partial charge in [0.15, 0.2) is 5.54 Å². The summed E-state index contributed by atoms with van der Waals surface area (Å²) in [6.07, 6.45) is 3.14. The molecule has 2 aromatic carbocycles. The van der Waals surface area contributed by atoms with Gasteiger partial charge < -0.3 is 19.8 Å². The number of Topliss-reactive ketones (excluding diaryl/α,β-unsaturated/α-hetero) is 1. The number of sulfonamides is 1. The van der Waals surface area contributed by atoms with Crippen LogP contribution in [0.25, 0.3) is 5.76 Å². The molecule has 2 amide bonds. The number of likely N-dealkylation sites (tertiary alicyclic amines) is 1. The molecule has 3 aliphatic rings. The van der Waals surface area contributed by atoms with Gasteiger partial charge in [-0.15, -0.1) is 0 Å². The third-order valence-corrected chi connectivity index (χ3v) is 9.98. The van der Waals surface area contributed by atoms with Gasteiger partial charge in [0.1, 0.15) is 5.76 Å². The van der Waals surface area contributed by atoms with E-state index in [-0.39, 0.29) is 22.6 Å². The zero-order valence-electron chi connectivity index (χ0n) is 23.7. The van der Waals surface area contributed by atoms with Gasteiger partial charge in [-0.05, 0) is 51.6 Å². The van der Waals surface area contributed by atoms with Crippen molar-refractivity contribution in [3.8, 4) is 0 Å². The molecule has 2 aromatic rings. The zero-order chi connectivity index (χ0) is 29.5. The number of carbonyl (C=O) groups excluding carboxylic acids is 3. The lowest BCUT2D eigenvalue weighted by Gasteiger charge is -2.35. The SMILES string of the molecule is CCCN1C(=O)C2(/C(=C(\O)c3cccc(S(=O)(=O)N4CCCCC4)c3)C(=O)C(=O)N2CCN(C)C)c2ccccc21. The summed E-state index contributed by atoms with van der Waals surface area (Å²) in [5, 5.41) is 11.8.